The molecule has 0 saturated carbocycles. The number of methoxy groups -OCH3 is 1. The second-order valence-electron chi connectivity index (χ2n) is 6.31. The van der Waals surface area contributed by atoms with E-state index in [1.165, 1.54) is 13.2 Å². The predicted octanol–water partition coefficient (Wildman–Crippen LogP) is 2.50. The molecule has 1 aromatic carbocycles. The van der Waals surface area contributed by atoms with Crippen molar-refractivity contribution in [1.82, 2.24) is 9.97 Å². The van der Waals surface area contributed by atoms with E-state index >= 15 is 0 Å². The second kappa shape index (κ2) is 9.29. The van der Waals surface area contributed by atoms with Crippen molar-refractivity contribution in [3.05, 3.63) is 46.4 Å². The summed E-state index contributed by atoms with van der Waals surface area (Å²) in [4.78, 5) is 45.9. The predicted molar refractivity (Wildman–Crippen MR) is 110 cm³/mol. The summed E-state index contributed by atoms with van der Waals surface area (Å²) >= 11 is 2.93. The van der Waals surface area contributed by atoms with Crippen LogP contribution in [0.2, 0.25) is 0 Å². The average molecular weight is 420 g/mol. The monoisotopic (exact) mass is 419 g/mol. The Morgan fingerprint density at radius 3 is 2.96 bits per heavy atom. The van der Waals surface area contributed by atoms with Gasteiger partial charge in [0.1, 0.15) is 0 Å². The molecule has 3 rings (SSSR count). The first kappa shape index (κ1) is 20.5. The minimum atomic E-state index is -0.474. The van der Waals surface area contributed by atoms with Crippen molar-refractivity contribution in [2.45, 2.75) is 35.1 Å². The van der Waals surface area contributed by atoms with E-state index in [1.807, 2.05) is 24.3 Å². The zero-order valence-electron chi connectivity index (χ0n) is 15.6. The summed E-state index contributed by atoms with van der Waals surface area (Å²) in [5.74, 6) is -0.385. The van der Waals surface area contributed by atoms with Crippen LogP contribution in [0.5, 0.6) is 0 Å². The summed E-state index contributed by atoms with van der Waals surface area (Å²) in [6, 6.07) is 9.15. The molecule has 0 aliphatic carbocycles. The second-order valence-corrected chi connectivity index (χ2v) is 8.76. The zero-order chi connectivity index (χ0) is 20.1. The van der Waals surface area contributed by atoms with Crippen LogP contribution in [0.25, 0.3) is 0 Å². The first-order chi connectivity index (χ1) is 13.5. The molecule has 0 spiro atoms. The number of anilines is 1. The van der Waals surface area contributed by atoms with E-state index in [1.54, 1.807) is 16.7 Å². The number of benzene rings is 1. The highest BCUT2D eigenvalue weighted by Crippen LogP contribution is 2.37. The summed E-state index contributed by atoms with van der Waals surface area (Å²) in [6.07, 6.45) is 0.815. The minimum absolute atomic E-state index is 0.0480. The molecule has 7 nitrogen and oxygen atoms in total. The van der Waals surface area contributed by atoms with Gasteiger partial charge in [-0.05, 0) is 18.6 Å². The molecular formula is C19H21N3O4S2. The van der Waals surface area contributed by atoms with E-state index in [0.717, 1.165) is 28.8 Å². The minimum Gasteiger partial charge on any atom is -0.469 e. The number of thioether (sulfide) groups is 2. The number of rotatable bonds is 5. The van der Waals surface area contributed by atoms with E-state index < -0.39 is 5.97 Å². The Balaban J connectivity index is 1.72. The maximum atomic E-state index is 12.9. The molecule has 9 heteroatoms. The van der Waals surface area contributed by atoms with Crippen LogP contribution in [-0.2, 0) is 20.7 Å². The number of amides is 1. The third-order valence-electron chi connectivity index (χ3n) is 4.20. The van der Waals surface area contributed by atoms with Gasteiger partial charge in [-0.25, -0.2) is 4.98 Å². The number of para-hydroxylation sites is 1. The molecular weight excluding hydrogens is 398 g/mol. The number of esters is 1. The number of hydrogen-bond donors (Lipinski definition) is 1. The number of fused-ring (bicyclic) bond motifs is 1. The highest BCUT2D eigenvalue weighted by Gasteiger charge is 2.24. The molecule has 1 aliphatic rings. The lowest BCUT2D eigenvalue weighted by Gasteiger charge is -2.22. The van der Waals surface area contributed by atoms with Crippen LogP contribution in [0.15, 0.2) is 45.2 Å². The molecule has 2 aromatic rings. The fourth-order valence-corrected chi connectivity index (χ4v) is 4.70. The first-order valence-electron chi connectivity index (χ1n) is 8.82. The number of aromatic nitrogens is 2. The quantitative estimate of drug-likeness (QED) is 0.452. The van der Waals surface area contributed by atoms with Crippen LogP contribution in [0.1, 0.15) is 19.0 Å². The van der Waals surface area contributed by atoms with Gasteiger partial charge in [0, 0.05) is 22.8 Å². The van der Waals surface area contributed by atoms with Gasteiger partial charge in [0.05, 0.1) is 30.7 Å². The third kappa shape index (κ3) is 5.17. The van der Waals surface area contributed by atoms with Gasteiger partial charge < -0.3 is 14.6 Å². The molecule has 28 heavy (non-hydrogen) atoms. The Morgan fingerprint density at radius 2 is 2.18 bits per heavy atom. The van der Waals surface area contributed by atoms with Crippen LogP contribution in [-0.4, -0.2) is 46.5 Å². The number of hydrogen-bond acceptors (Lipinski definition) is 7. The summed E-state index contributed by atoms with van der Waals surface area (Å²) in [6.45, 7) is 2.81. The van der Waals surface area contributed by atoms with E-state index in [9.17, 15) is 14.4 Å². The summed E-state index contributed by atoms with van der Waals surface area (Å²) < 4.78 is 4.60. The number of H-pyrrole nitrogens is 1. The zero-order valence-corrected chi connectivity index (χ0v) is 17.3. The van der Waals surface area contributed by atoms with Crippen molar-refractivity contribution < 1.29 is 14.3 Å². The topological polar surface area (TPSA) is 92.4 Å². The SMILES string of the molecule is COC(=O)Cc1cc(=O)[nH]c(SCC(=O)N2CC[C@@H](C)Sc3ccccc32)n1. The summed E-state index contributed by atoms with van der Waals surface area (Å²) in [5, 5.41) is 0.741. The number of ether oxygens (including phenoxy) is 1. The molecule has 148 valence electrons. The molecule has 0 saturated heterocycles. The Morgan fingerprint density at radius 1 is 1.39 bits per heavy atom. The van der Waals surface area contributed by atoms with Crippen molar-refractivity contribution in [3.63, 3.8) is 0 Å². The van der Waals surface area contributed by atoms with Crippen LogP contribution in [0.4, 0.5) is 5.69 Å². The van der Waals surface area contributed by atoms with E-state index in [-0.39, 0.29) is 23.6 Å². The summed E-state index contributed by atoms with van der Waals surface area (Å²) in [7, 11) is 1.28. The normalized spacial score (nSPS) is 16.2. The molecule has 1 amide bonds. The van der Waals surface area contributed by atoms with Gasteiger partial charge in [-0.1, -0.05) is 30.8 Å². The van der Waals surface area contributed by atoms with Crippen molar-refractivity contribution in [1.29, 1.82) is 0 Å². The lowest BCUT2D eigenvalue weighted by atomic mass is 10.2. The molecule has 1 aromatic heterocycles. The molecule has 1 N–H and O–H groups in total. The van der Waals surface area contributed by atoms with E-state index in [2.05, 4.69) is 21.6 Å². The van der Waals surface area contributed by atoms with Crippen LogP contribution >= 0.6 is 23.5 Å². The van der Waals surface area contributed by atoms with Gasteiger partial charge in [-0.15, -0.1) is 11.8 Å². The number of carbonyl (C=O) groups excluding carboxylic acids is 2. The van der Waals surface area contributed by atoms with E-state index in [0.29, 0.717) is 22.6 Å². The maximum Gasteiger partial charge on any atom is 0.311 e. The van der Waals surface area contributed by atoms with Crippen molar-refractivity contribution in [2.24, 2.45) is 0 Å². The number of nitrogens with zero attached hydrogens (tertiary/aromatic N) is 2. The number of nitrogens with one attached hydrogen (secondary N) is 1. The van der Waals surface area contributed by atoms with Crippen LogP contribution < -0.4 is 10.5 Å². The van der Waals surface area contributed by atoms with Gasteiger partial charge in [0.25, 0.3) is 5.56 Å². The van der Waals surface area contributed by atoms with Gasteiger partial charge in [-0.3, -0.25) is 14.4 Å². The average Bonchev–Trinajstić information content (AvgIpc) is 2.83. The first-order valence-corrected chi connectivity index (χ1v) is 10.7. The highest BCUT2D eigenvalue weighted by molar-refractivity contribution is 8.00. The fourth-order valence-electron chi connectivity index (χ4n) is 2.82. The lowest BCUT2D eigenvalue weighted by Crippen LogP contribution is -2.33. The number of carbonyl (C=O) groups is 2. The molecule has 0 unspecified atom stereocenters. The van der Waals surface area contributed by atoms with Gasteiger partial charge in [0.2, 0.25) is 5.91 Å². The number of aromatic amines is 1. The molecule has 0 radical (unpaired) electrons. The molecule has 0 bridgehead atoms. The molecule has 2 heterocycles. The molecule has 1 aliphatic heterocycles. The Hall–Kier alpha value is -2.26. The fraction of sp³-hybridized carbons (Fsp3) is 0.368. The van der Waals surface area contributed by atoms with Crippen molar-refractivity contribution in [3.8, 4) is 0 Å². The van der Waals surface area contributed by atoms with Gasteiger partial charge >= 0.3 is 5.97 Å². The summed E-state index contributed by atoms with van der Waals surface area (Å²) in [5.41, 5.74) is 0.869. The van der Waals surface area contributed by atoms with Gasteiger partial charge in [-0.2, -0.15) is 0 Å². The molecule has 1 atom stereocenters. The van der Waals surface area contributed by atoms with Crippen molar-refractivity contribution in [2.75, 3.05) is 24.3 Å². The van der Waals surface area contributed by atoms with Crippen molar-refractivity contribution >= 4 is 41.1 Å². The standard InChI is InChI=1S/C19H21N3O4S2/c1-12-7-8-22(14-5-3-4-6-15(14)28-12)17(24)11-27-19-20-13(9-16(23)21-19)10-18(25)26-2/h3-6,9,12H,7-8,10-11H2,1-2H3,(H,20,21,23)/t12-/m1/s1. The Labute approximate surface area is 171 Å². The van der Waals surface area contributed by atoms with Gasteiger partial charge in [0.15, 0.2) is 5.16 Å². The lowest BCUT2D eigenvalue weighted by molar-refractivity contribution is -0.139. The molecule has 0 fully saturated rings. The Kier molecular flexibility index (Phi) is 6.79. The van der Waals surface area contributed by atoms with Crippen LogP contribution in [0.3, 0.4) is 0 Å². The van der Waals surface area contributed by atoms with Crippen LogP contribution in [0, 0.1) is 0 Å². The van der Waals surface area contributed by atoms with E-state index in [4.69, 9.17) is 0 Å². The Bertz CT molecular complexity index is 931. The maximum absolute atomic E-state index is 12.9. The smallest absolute Gasteiger partial charge is 0.311 e. The largest absolute Gasteiger partial charge is 0.469 e. The highest BCUT2D eigenvalue weighted by atomic mass is 32.2. The third-order valence-corrected chi connectivity index (χ3v) is 6.30.